The normalized spacial score (nSPS) is 16.3. The number of ether oxygens (including phenoxy) is 1. The molecule has 3 rings (SSSR count). The number of H-pyrrole nitrogens is 1. The maximum absolute atomic E-state index is 8.86. The third-order valence-corrected chi connectivity index (χ3v) is 3.48. The van der Waals surface area contributed by atoms with Crippen LogP contribution in [-0.2, 0) is 10.3 Å². The molecule has 0 saturated heterocycles. The Labute approximate surface area is 112 Å². The van der Waals surface area contributed by atoms with Gasteiger partial charge < -0.3 is 15.0 Å². The highest BCUT2D eigenvalue weighted by Gasteiger charge is 2.28. The van der Waals surface area contributed by atoms with Crippen LogP contribution < -0.4 is 5.32 Å². The summed E-state index contributed by atoms with van der Waals surface area (Å²) in [6.45, 7) is 4.65. The standard InChI is InChI=1S/C15H15N3O/c1-15(2)12-7-10(3-5-14(12)17-9-19-15)13-6-4-11(8-16)18-13/h3-7,17-18H,9H2,1-2H3. The highest BCUT2D eigenvalue weighted by atomic mass is 16.5. The molecule has 2 aromatic rings. The van der Waals surface area contributed by atoms with Crippen molar-refractivity contribution in [2.45, 2.75) is 19.4 Å². The van der Waals surface area contributed by atoms with Crippen LogP contribution in [0.4, 0.5) is 5.69 Å². The summed E-state index contributed by atoms with van der Waals surface area (Å²) in [4.78, 5) is 3.09. The Morgan fingerprint density at radius 2 is 2.11 bits per heavy atom. The van der Waals surface area contributed by atoms with Gasteiger partial charge >= 0.3 is 0 Å². The summed E-state index contributed by atoms with van der Waals surface area (Å²) < 4.78 is 5.74. The van der Waals surface area contributed by atoms with Gasteiger partial charge in [0.2, 0.25) is 0 Å². The molecule has 1 aromatic heterocycles. The van der Waals surface area contributed by atoms with E-state index in [2.05, 4.69) is 42.4 Å². The molecule has 0 bridgehead atoms. The van der Waals surface area contributed by atoms with E-state index in [0.29, 0.717) is 12.4 Å². The summed E-state index contributed by atoms with van der Waals surface area (Å²) in [6.07, 6.45) is 0. The van der Waals surface area contributed by atoms with Gasteiger partial charge in [-0.15, -0.1) is 0 Å². The van der Waals surface area contributed by atoms with E-state index in [1.165, 1.54) is 0 Å². The minimum absolute atomic E-state index is 0.304. The second-order valence-electron chi connectivity index (χ2n) is 5.13. The smallest absolute Gasteiger partial charge is 0.118 e. The predicted octanol–water partition coefficient (Wildman–Crippen LogP) is 3.19. The largest absolute Gasteiger partial charge is 0.362 e. The predicted molar refractivity (Wildman–Crippen MR) is 73.5 cm³/mol. The maximum Gasteiger partial charge on any atom is 0.118 e. The third kappa shape index (κ3) is 1.98. The lowest BCUT2D eigenvalue weighted by atomic mass is 9.92. The highest BCUT2D eigenvalue weighted by Crippen LogP contribution is 2.37. The highest BCUT2D eigenvalue weighted by molar-refractivity contribution is 5.68. The SMILES string of the molecule is CC1(C)OCNc2ccc(-c3ccc(C#N)[nH]3)cc21. The van der Waals surface area contributed by atoms with Crippen molar-refractivity contribution in [1.82, 2.24) is 4.98 Å². The van der Waals surface area contributed by atoms with Gasteiger partial charge in [-0.2, -0.15) is 5.26 Å². The van der Waals surface area contributed by atoms with Gasteiger partial charge in [-0.05, 0) is 43.7 Å². The zero-order valence-corrected chi connectivity index (χ0v) is 10.9. The third-order valence-electron chi connectivity index (χ3n) is 3.48. The zero-order chi connectivity index (χ0) is 13.5. The van der Waals surface area contributed by atoms with E-state index >= 15 is 0 Å². The number of anilines is 1. The molecule has 1 aliphatic heterocycles. The Balaban J connectivity index is 2.08. The summed E-state index contributed by atoms with van der Waals surface area (Å²) in [5.74, 6) is 0. The van der Waals surface area contributed by atoms with Crippen LogP contribution in [0.5, 0.6) is 0 Å². The van der Waals surface area contributed by atoms with Crippen LogP contribution >= 0.6 is 0 Å². The molecule has 96 valence electrons. The second-order valence-corrected chi connectivity index (χ2v) is 5.13. The van der Waals surface area contributed by atoms with Crippen molar-refractivity contribution in [3.63, 3.8) is 0 Å². The number of nitriles is 1. The van der Waals surface area contributed by atoms with Crippen molar-refractivity contribution in [3.8, 4) is 17.3 Å². The molecule has 4 heteroatoms. The van der Waals surface area contributed by atoms with Gasteiger partial charge in [-0.1, -0.05) is 6.07 Å². The van der Waals surface area contributed by atoms with Crippen LogP contribution in [0.3, 0.4) is 0 Å². The molecule has 2 heterocycles. The Hall–Kier alpha value is -2.25. The van der Waals surface area contributed by atoms with E-state index in [9.17, 15) is 0 Å². The molecule has 0 amide bonds. The van der Waals surface area contributed by atoms with Gasteiger partial charge in [0.1, 0.15) is 18.5 Å². The van der Waals surface area contributed by atoms with Gasteiger partial charge in [0.25, 0.3) is 0 Å². The van der Waals surface area contributed by atoms with E-state index in [-0.39, 0.29) is 5.60 Å². The Kier molecular flexibility index (Phi) is 2.58. The number of hydrogen-bond acceptors (Lipinski definition) is 3. The number of aromatic amines is 1. The lowest BCUT2D eigenvalue weighted by Crippen LogP contribution is -2.31. The second kappa shape index (κ2) is 4.15. The molecule has 2 N–H and O–H groups in total. The summed E-state index contributed by atoms with van der Waals surface area (Å²) >= 11 is 0. The van der Waals surface area contributed by atoms with Crippen molar-refractivity contribution in [3.05, 3.63) is 41.6 Å². The molecule has 0 saturated carbocycles. The first-order valence-corrected chi connectivity index (χ1v) is 6.22. The fourth-order valence-corrected chi connectivity index (χ4v) is 2.36. The first kappa shape index (κ1) is 11.8. The molecule has 0 unspecified atom stereocenters. The zero-order valence-electron chi connectivity index (χ0n) is 10.9. The lowest BCUT2D eigenvalue weighted by Gasteiger charge is -2.33. The molecular weight excluding hydrogens is 238 g/mol. The van der Waals surface area contributed by atoms with Gasteiger partial charge in [0.05, 0.1) is 5.60 Å². The van der Waals surface area contributed by atoms with Gasteiger partial charge in [-0.3, -0.25) is 0 Å². The Bertz CT molecular complexity index is 664. The monoisotopic (exact) mass is 253 g/mol. The molecule has 0 spiro atoms. The fraction of sp³-hybridized carbons (Fsp3) is 0.267. The molecule has 4 nitrogen and oxygen atoms in total. The first-order valence-electron chi connectivity index (χ1n) is 6.22. The lowest BCUT2D eigenvalue weighted by molar-refractivity contribution is -0.0178. The average molecular weight is 253 g/mol. The Morgan fingerprint density at radius 1 is 1.26 bits per heavy atom. The van der Waals surface area contributed by atoms with E-state index in [0.717, 1.165) is 22.5 Å². The summed E-state index contributed by atoms with van der Waals surface area (Å²) in [7, 11) is 0. The number of nitrogens with one attached hydrogen (secondary N) is 2. The topological polar surface area (TPSA) is 60.8 Å². The quantitative estimate of drug-likeness (QED) is 0.820. The van der Waals surface area contributed by atoms with Crippen molar-refractivity contribution in [1.29, 1.82) is 5.26 Å². The van der Waals surface area contributed by atoms with Crippen LogP contribution in [0.15, 0.2) is 30.3 Å². The molecule has 0 fully saturated rings. The minimum atomic E-state index is -0.304. The van der Waals surface area contributed by atoms with Crippen molar-refractivity contribution in [2.24, 2.45) is 0 Å². The summed E-state index contributed by atoms with van der Waals surface area (Å²) in [5, 5.41) is 12.1. The molecule has 0 radical (unpaired) electrons. The summed E-state index contributed by atoms with van der Waals surface area (Å²) in [6, 6.07) is 12.0. The van der Waals surface area contributed by atoms with Crippen molar-refractivity contribution >= 4 is 5.69 Å². The number of aromatic nitrogens is 1. The van der Waals surface area contributed by atoms with E-state index in [1.54, 1.807) is 6.07 Å². The van der Waals surface area contributed by atoms with E-state index in [4.69, 9.17) is 10.00 Å². The average Bonchev–Trinajstić information content (AvgIpc) is 2.87. The maximum atomic E-state index is 8.86. The number of benzene rings is 1. The molecular formula is C15H15N3O. The number of hydrogen-bond donors (Lipinski definition) is 2. The fourth-order valence-electron chi connectivity index (χ4n) is 2.36. The van der Waals surface area contributed by atoms with Crippen LogP contribution in [0.1, 0.15) is 25.1 Å². The number of rotatable bonds is 1. The van der Waals surface area contributed by atoms with Crippen LogP contribution in [0, 0.1) is 11.3 Å². The minimum Gasteiger partial charge on any atom is -0.362 e. The van der Waals surface area contributed by atoms with Crippen molar-refractivity contribution in [2.75, 3.05) is 12.0 Å². The van der Waals surface area contributed by atoms with Crippen LogP contribution in [0.2, 0.25) is 0 Å². The van der Waals surface area contributed by atoms with Gasteiger partial charge in [0.15, 0.2) is 0 Å². The molecule has 1 aliphatic rings. The van der Waals surface area contributed by atoms with Crippen LogP contribution in [0.25, 0.3) is 11.3 Å². The number of fused-ring (bicyclic) bond motifs is 1. The Morgan fingerprint density at radius 3 is 2.84 bits per heavy atom. The first-order chi connectivity index (χ1) is 9.10. The van der Waals surface area contributed by atoms with E-state index in [1.807, 2.05) is 12.1 Å². The number of nitrogens with zero attached hydrogens (tertiary/aromatic N) is 1. The van der Waals surface area contributed by atoms with Crippen LogP contribution in [-0.4, -0.2) is 11.7 Å². The van der Waals surface area contributed by atoms with E-state index < -0.39 is 0 Å². The van der Waals surface area contributed by atoms with Gasteiger partial charge in [-0.25, -0.2) is 0 Å². The molecule has 0 atom stereocenters. The van der Waals surface area contributed by atoms with Gasteiger partial charge in [0, 0.05) is 16.9 Å². The molecule has 1 aromatic carbocycles. The van der Waals surface area contributed by atoms with Crippen molar-refractivity contribution < 1.29 is 4.74 Å². The molecule has 0 aliphatic carbocycles. The molecule has 19 heavy (non-hydrogen) atoms. The summed E-state index contributed by atoms with van der Waals surface area (Å²) in [5.41, 5.74) is 4.50.